The molecule has 27 heavy (non-hydrogen) atoms. The Kier molecular flexibility index (Phi) is 7.30. The van der Waals surface area contributed by atoms with Gasteiger partial charge < -0.3 is 10.2 Å². The summed E-state index contributed by atoms with van der Waals surface area (Å²) in [6.45, 7) is 9.58. The second-order valence-corrected chi connectivity index (χ2v) is 9.60. The fraction of sp³-hybridized carbons (Fsp3) is 0.632. The highest BCUT2D eigenvalue weighted by Crippen LogP contribution is 2.23. The van der Waals surface area contributed by atoms with E-state index >= 15 is 0 Å². The molecule has 0 aromatic heterocycles. The average Bonchev–Trinajstić information content (AvgIpc) is 2.59. The summed E-state index contributed by atoms with van der Waals surface area (Å²) in [5.74, 6) is 0.927. The zero-order valence-electron chi connectivity index (χ0n) is 16.2. The van der Waals surface area contributed by atoms with E-state index in [1.165, 1.54) is 4.31 Å². The summed E-state index contributed by atoms with van der Waals surface area (Å²) in [7, 11) is -3.50. The number of carbonyl (C=O) groups is 1. The second-order valence-electron chi connectivity index (χ2n) is 7.66. The van der Waals surface area contributed by atoms with Crippen molar-refractivity contribution in [3.8, 4) is 0 Å². The van der Waals surface area contributed by atoms with Crippen LogP contribution < -0.4 is 5.32 Å². The van der Waals surface area contributed by atoms with Gasteiger partial charge in [0.25, 0.3) is 0 Å². The normalized spacial score (nSPS) is 20.1. The number of benzene rings is 1. The van der Waals surface area contributed by atoms with Crippen LogP contribution in [-0.2, 0) is 14.8 Å². The van der Waals surface area contributed by atoms with Crippen LogP contribution in [0.2, 0.25) is 0 Å². The number of nitrogens with zero attached hydrogens (tertiary/aromatic N) is 2. The van der Waals surface area contributed by atoms with Gasteiger partial charge in [-0.05, 0) is 42.6 Å². The lowest BCUT2D eigenvalue weighted by Gasteiger charge is -2.38. The van der Waals surface area contributed by atoms with Gasteiger partial charge in [0, 0.05) is 32.1 Å². The number of nitrogens with one attached hydrogen (secondary N) is 1. The van der Waals surface area contributed by atoms with Gasteiger partial charge in [0.1, 0.15) is 0 Å². The maximum atomic E-state index is 12.9. The minimum absolute atomic E-state index is 0. The van der Waals surface area contributed by atoms with Crippen LogP contribution in [-0.4, -0.2) is 62.8 Å². The Labute approximate surface area is 168 Å². The predicted molar refractivity (Wildman–Crippen MR) is 109 cm³/mol. The molecule has 1 amide bonds. The first-order valence-electron chi connectivity index (χ1n) is 9.40. The molecule has 1 aromatic rings. The summed E-state index contributed by atoms with van der Waals surface area (Å²) in [6, 6.07) is 7.14. The molecule has 2 aliphatic rings. The summed E-state index contributed by atoms with van der Waals surface area (Å²) in [5.41, 5.74) is 1.12. The third-order valence-electron chi connectivity index (χ3n) is 5.64. The molecular formula is C19H30ClN3O3S. The number of halogens is 1. The van der Waals surface area contributed by atoms with Crippen molar-refractivity contribution in [2.24, 2.45) is 11.8 Å². The topological polar surface area (TPSA) is 69.7 Å². The van der Waals surface area contributed by atoms with E-state index in [0.717, 1.165) is 18.7 Å². The Hall–Kier alpha value is -1.15. The first-order chi connectivity index (χ1) is 12.3. The molecule has 1 atom stereocenters. The predicted octanol–water partition coefficient (Wildman–Crippen LogP) is 1.92. The molecule has 1 N–H and O–H groups in total. The highest BCUT2D eigenvalue weighted by molar-refractivity contribution is 7.89. The van der Waals surface area contributed by atoms with Gasteiger partial charge in [-0.1, -0.05) is 32.9 Å². The first-order valence-corrected chi connectivity index (χ1v) is 10.8. The van der Waals surface area contributed by atoms with E-state index in [1.807, 2.05) is 24.0 Å². The van der Waals surface area contributed by atoms with Crippen molar-refractivity contribution >= 4 is 28.3 Å². The molecule has 1 unspecified atom stereocenters. The van der Waals surface area contributed by atoms with Crippen LogP contribution >= 0.6 is 12.4 Å². The standard InChI is InChI=1S/C19H29N3O3S.ClH/c1-14(2)16-4-6-18(7-5-16)26(24,25)22-10-8-21(9-11-22)19(23)15(3)17-12-20-13-17;/h4-7,14-15,17,20H,8-13H2,1-3H3;1H. The van der Waals surface area contributed by atoms with Gasteiger partial charge >= 0.3 is 0 Å². The Balaban J connectivity index is 0.00000261. The molecule has 2 heterocycles. The zero-order valence-corrected chi connectivity index (χ0v) is 17.9. The van der Waals surface area contributed by atoms with Crippen LogP contribution in [0.4, 0.5) is 0 Å². The maximum absolute atomic E-state index is 12.9. The smallest absolute Gasteiger partial charge is 0.243 e. The molecule has 0 aliphatic carbocycles. The number of amides is 1. The van der Waals surface area contributed by atoms with Crippen molar-refractivity contribution in [3.63, 3.8) is 0 Å². The molecule has 2 fully saturated rings. The van der Waals surface area contributed by atoms with Crippen molar-refractivity contribution < 1.29 is 13.2 Å². The van der Waals surface area contributed by atoms with Crippen LogP contribution in [0, 0.1) is 11.8 Å². The Morgan fingerprint density at radius 2 is 1.59 bits per heavy atom. The van der Waals surface area contributed by atoms with Crippen LogP contribution in [0.1, 0.15) is 32.3 Å². The molecule has 6 nitrogen and oxygen atoms in total. The molecule has 2 aliphatic heterocycles. The first kappa shape index (κ1) is 22.1. The number of sulfonamides is 1. The molecular weight excluding hydrogens is 386 g/mol. The monoisotopic (exact) mass is 415 g/mol. The molecule has 1 aromatic carbocycles. The van der Waals surface area contributed by atoms with Gasteiger partial charge in [-0.25, -0.2) is 8.42 Å². The van der Waals surface area contributed by atoms with Crippen molar-refractivity contribution in [1.29, 1.82) is 0 Å². The Bertz CT molecular complexity index is 740. The number of piperazine rings is 1. The minimum atomic E-state index is -3.50. The Morgan fingerprint density at radius 3 is 2.04 bits per heavy atom. The summed E-state index contributed by atoms with van der Waals surface area (Å²) >= 11 is 0. The van der Waals surface area contributed by atoms with Crippen molar-refractivity contribution in [3.05, 3.63) is 29.8 Å². The van der Waals surface area contributed by atoms with E-state index < -0.39 is 10.0 Å². The lowest BCUT2D eigenvalue weighted by Crippen LogP contribution is -2.55. The van der Waals surface area contributed by atoms with Crippen molar-refractivity contribution in [2.45, 2.75) is 31.6 Å². The molecule has 3 rings (SSSR count). The summed E-state index contributed by atoms with van der Waals surface area (Å²) in [5, 5.41) is 3.20. The van der Waals surface area contributed by atoms with E-state index in [-0.39, 0.29) is 24.2 Å². The van der Waals surface area contributed by atoms with Gasteiger partial charge in [-0.3, -0.25) is 4.79 Å². The highest BCUT2D eigenvalue weighted by atomic mass is 35.5. The quantitative estimate of drug-likeness (QED) is 0.797. The highest BCUT2D eigenvalue weighted by Gasteiger charge is 2.35. The lowest BCUT2D eigenvalue weighted by atomic mass is 9.88. The van der Waals surface area contributed by atoms with E-state index in [2.05, 4.69) is 19.2 Å². The average molecular weight is 416 g/mol. The summed E-state index contributed by atoms with van der Waals surface area (Å²) in [4.78, 5) is 14.7. The maximum Gasteiger partial charge on any atom is 0.243 e. The van der Waals surface area contributed by atoms with Gasteiger partial charge in [-0.2, -0.15) is 4.31 Å². The third kappa shape index (κ3) is 4.65. The van der Waals surface area contributed by atoms with Gasteiger partial charge in [-0.15, -0.1) is 12.4 Å². The van der Waals surface area contributed by atoms with Crippen LogP contribution in [0.3, 0.4) is 0 Å². The van der Waals surface area contributed by atoms with E-state index in [9.17, 15) is 13.2 Å². The van der Waals surface area contributed by atoms with Crippen LogP contribution in [0.5, 0.6) is 0 Å². The zero-order chi connectivity index (χ0) is 18.9. The number of carbonyl (C=O) groups excluding carboxylic acids is 1. The third-order valence-corrected chi connectivity index (χ3v) is 7.56. The molecule has 8 heteroatoms. The van der Waals surface area contributed by atoms with Gasteiger partial charge in [0.2, 0.25) is 15.9 Å². The van der Waals surface area contributed by atoms with Gasteiger partial charge in [0.15, 0.2) is 0 Å². The van der Waals surface area contributed by atoms with Crippen LogP contribution in [0.25, 0.3) is 0 Å². The van der Waals surface area contributed by atoms with E-state index in [4.69, 9.17) is 0 Å². The molecule has 0 bridgehead atoms. The number of hydrogen-bond donors (Lipinski definition) is 1. The molecule has 0 saturated carbocycles. The molecule has 0 radical (unpaired) electrons. The molecule has 2 saturated heterocycles. The minimum Gasteiger partial charge on any atom is -0.340 e. The van der Waals surface area contributed by atoms with E-state index in [0.29, 0.717) is 42.9 Å². The molecule has 0 spiro atoms. The number of rotatable bonds is 5. The summed E-state index contributed by atoms with van der Waals surface area (Å²) in [6.07, 6.45) is 0. The largest absolute Gasteiger partial charge is 0.340 e. The van der Waals surface area contributed by atoms with Gasteiger partial charge in [0.05, 0.1) is 4.90 Å². The van der Waals surface area contributed by atoms with E-state index in [1.54, 1.807) is 12.1 Å². The fourth-order valence-corrected chi connectivity index (χ4v) is 4.90. The van der Waals surface area contributed by atoms with Crippen molar-refractivity contribution in [1.82, 2.24) is 14.5 Å². The fourth-order valence-electron chi connectivity index (χ4n) is 3.48. The second kappa shape index (κ2) is 8.90. The summed E-state index contributed by atoms with van der Waals surface area (Å²) < 4.78 is 27.2. The molecule has 152 valence electrons. The Morgan fingerprint density at radius 1 is 1.04 bits per heavy atom. The van der Waals surface area contributed by atoms with Crippen molar-refractivity contribution in [2.75, 3.05) is 39.3 Å². The van der Waals surface area contributed by atoms with Crippen LogP contribution in [0.15, 0.2) is 29.2 Å². The number of hydrogen-bond acceptors (Lipinski definition) is 4. The SMILES string of the molecule is CC(C)c1ccc(S(=O)(=O)N2CCN(C(=O)C(C)C3CNC3)CC2)cc1.Cl. The lowest BCUT2D eigenvalue weighted by molar-refractivity contribution is -0.138.